The summed E-state index contributed by atoms with van der Waals surface area (Å²) >= 11 is 0. The molecule has 0 spiro atoms. The minimum absolute atomic E-state index is 0.0403. The number of fused-ring (bicyclic) bond motifs is 3. The Labute approximate surface area is 140 Å². The first-order valence-corrected chi connectivity index (χ1v) is 8.72. The van der Waals surface area contributed by atoms with Crippen molar-refractivity contribution in [1.29, 1.82) is 0 Å². The number of aryl methyl sites for hydroxylation is 2. The van der Waals surface area contributed by atoms with Crippen LogP contribution in [0.2, 0.25) is 0 Å². The van der Waals surface area contributed by atoms with E-state index in [0.717, 1.165) is 17.6 Å². The first-order chi connectivity index (χ1) is 11.5. The van der Waals surface area contributed by atoms with Gasteiger partial charge < -0.3 is 4.57 Å². The largest absolute Gasteiger partial charge is 0.311 e. The van der Waals surface area contributed by atoms with E-state index in [-0.39, 0.29) is 11.6 Å². The van der Waals surface area contributed by atoms with E-state index in [4.69, 9.17) is 0 Å². The van der Waals surface area contributed by atoms with Gasteiger partial charge >= 0.3 is 0 Å². The molecule has 3 heterocycles. The third-order valence-corrected chi connectivity index (χ3v) is 5.67. The molecule has 1 saturated carbocycles. The Morgan fingerprint density at radius 2 is 1.96 bits per heavy atom. The molecule has 3 aromatic rings. The molecule has 3 atom stereocenters. The molecule has 1 fully saturated rings. The van der Waals surface area contributed by atoms with Gasteiger partial charge in [-0.3, -0.25) is 4.79 Å². The third-order valence-electron chi connectivity index (χ3n) is 5.67. The van der Waals surface area contributed by atoms with Crippen LogP contribution in [0.1, 0.15) is 50.7 Å². The van der Waals surface area contributed by atoms with Gasteiger partial charge in [-0.2, -0.15) is 9.50 Å². The van der Waals surface area contributed by atoms with E-state index < -0.39 is 0 Å². The van der Waals surface area contributed by atoms with Crippen molar-refractivity contribution in [3.63, 3.8) is 0 Å². The fraction of sp³-hybridized carbons (Fsp3) is 0.556. The molecule has 0 bridgehead atoms. The number of pyridine rings is 1. The van der Waals surface area contributed by atoms with Crippen molar-refractivity contribution in [1.82, 2.24) is 24.1 Å². The second-order valence-corrected chi connectivity index (χ2v) is 7.19. The summed E-state index contributed by atoms with van der Waals surface area (Å²) in [5.41, 5.74) is 1.55. The SMILES string of the molecule is Cc1nc2nc(C)c3c(=O)n(C4CCCC(C)C4C)ccc3n2n1. The van der Waals surface area contributed by atoms with Crippen LogP contribution in [0.3, 0.4) is 0 Å². The molecule has 3 unspecified atom stereocenters. The summed E-state index contributed by atoms with van der Waals surface area (Å²) in [4.78, 5) is 22.0. The highest BCUT2D eigenvalue weighted by molar-refractivity contribution is 5.81. The van der Waals surface area contributed by atoms with Gasteiger partial charge in [0.15, 0.2) is 0 Å². The summed E-state index contributed by atoms with van der Waals surface area (Å²) in [6, 6.07) is 2.25. The normalized spacial score (nSPS) is 24.8. The molecular formula is C18H23N5O. The minimum Gasteiger partial charge on any atom is -0.311 e. The number of hydrogen-bond acceptors (Lipinski definition) is 4. The van der Waals surface area contributed by atoms with E-state index in [1.165, 1.54) is 12.8 Å². The quantitative estimate of drug-likeness (QED) is 0.690. The Bertz CT molecular complexity index is 986. The molecule has 1 aliphatic carbocycles. The van der Waals surface area contributed by atoms with Crippen molar-refractivity contribution in [2.24, 2.45) is 11.8 Å². The van der Waals surface area contributed by atoms with Crippen LogP contribution in [0.5, 0.6) is 0 Å². The predicted octanol–water partition coefficient (Wildman–Crippen LogP) is 3.05. The Morgan fingerprint density at radius 3 is 2.75 bits per heavy atom. The lowest BCUT2D eigenvalue weighted by Gasteiger charge is -2.35. The minimum atomic E-state index is 0.0403. The Balaban J connectivity index is 1.97. The molecule has 0 aliphatic heterocycles. The zero-order valence-corrected chi connectivity index (χ0v) is 14.7. The number of rotatable bonds is 1. The Morgan fingerprint density at radius 1 is 1.17 bits per heavy atom. The maximum Gasteiger partial charge on any atom is 0.262 e. The molecule has 24 heavy (non-hydrogen) atoms. The summed E-state index contributed by atoms with van der Waals surface area (Å²) in [7, 11) is 0. The van der Waals surface area contributed by atoms with Crippen molar-refractivity contribution in [3.05, 3.63) is 34.1 Å². The summed E-state index contributed by atoms with van der Waals surface area (Å²) in [5.74, 6) is 2.35. The Hall–Kier alpha value is -2.24. The van der Waals surface area contributed by atoms with Gasteiger partial charge in [0.1, 0.15) is 5.82 Å². The van der Waals surface area contributed by atoms with Gasteiger partial charge in [0, 0.05) is 12.2 Å². The molecule has 0 radical (unpaired) electrons. The average Bonchev–Trinajstić information content (AvgIpc) is 2.91. The fourth-order valence-electron chi connectivity index (χ4n) is 4.11. The van der Waals surface area contributed by atoms with Gasteiger partial charge in [-0.25, -0.2) is 4.98 Å². The zero-order chi connectivity index (χ0) is 17.0. The van der Waals surface area contributed by atoms with Crippen molar-refractivity contribution in [2.45, 2.75) is 53.0 Å². The van der Waals surface area contributed by atoms with Crippen LogP contribution in [0.15, 0.2) is 17.1 Å². The van der Waals surface area contributed by atoms with Gasteiger partial charge in [-0.1, -0.05) is 26.7 Å². The topological polar surface area (TPSA) is 65.1 Å². The average molecular weight is 325 g/mol. The molecule has 0 aromatic carbocycles. The standard InChI is InChI=1S/C18H23N5O/c1-10-6-5-7-14(11(10)2)22-9-8-15-16(17(22)24)12(3)19-18-20-13(4)21-23(15)18/h8-11,14H,5-7H2,1-4H3. The second kappa shape index (κ2) is 5.40. The molecule has 0 amide bonds. The summed E-state index contributed by atoms with van der Waals surface area (Å²) < 4.78 is 3.60. The fourth-order valence-corrected chi connectivity index (χ4v) is 4.11. The van der Waals surface area contributed by atoms with Crippen LogP contribution in [-0.2, 0) is 0 Å². The maximum absolute atomic E-state index is 13.2. The monoisotopic (exact) mass is 325 g/mol. The van der Waals surface area contributed by atoms with Gasteiger partial charge in [-0.05, 0) is 38.2 Å². The number of nitrogens with zero attached hydrogens (tertiary/aromatic N) is 5. The molecule has 6 heteroatoms. The van der Waals surface area contributed by atoms with Crippen LogP contribution in [-0.4, -0.2) is 24.1 Å². The predicted molar refractivity (Wildman–Crippen MR) is 93.2 cm³/mol. The highest BCUT2D eigenvalue weighted by atomic mass is 16.1. The van der Waals surface area contributed by atoms with Gasteiger partial charge in [0.05, 0.1) is 16.6 Å². The van der Waals surface area contributed by atoms with Crippen LogP contribution in [0.25, 0.3) is 16.7 Å². The summed E-state index contributed by atoms with van der Waals surface area (Å²) in [6.45, 7) is 8.27. The van der Waals surface area contributed by atoms with E-state index >= 15 is 0 Å². The van der Waals surface area contributed by atoms with Gasteiger partial charge in [-0.15, -0.1) is 5.10 Å². The van der Waals surface area contributed by atoms with E-state index in [2.05, 4.69) is 28.9 Å². The van der Waals surface area contributed by atoms with Crippen molar-refractivity contribution >= 4 is 16.7 Å². The lowest BCUT2D eigenvalue weighted by molar-refractivity contribution is 0.183. The zero-order valence-electron chi connectivity index (χ0n) is 14.7. The second-order valence-electron chi connectivity index (χ2n) is 7.19. The molecule has 1 aliphatic rings. The smallest absolute Gasteiger partial charge is 0.262 e. The highest BCUT2D eigenvalue weighted by Crippen LogP contribution is 2.37. The third kappa shape index (κ3) is 2.16. The Kier molecular flexibility index (Phi) is 3.44. The molecule has 6 nitrogen and oxygen atoms in total. The van der Waals surface area contributed by atoms with Crippen LogP contribution < -0.4 is 5.56 Å². The number of aromatic nitrogens is 5. The molecule has 0 N–H and O–H groups in total. The van der Waals surface area contributed by atoms with Gasteiger partial charge in [0.25, 0.3) is 11.3 Å². The lowest BCUT2D eigenvalue weighted by Crippen LogP contribution is -2.34. The van der Waals surface area contributed by atoms with Crippen molar-refractivity contribution < 1.29 is 0 Å². The summed E-state index contributed by atoms with van der Waals surface area (Å²) in [5, 5.41) is 5.04. The molecule has 3 aromatic heterocycles. The van der Waals surface area contributed by atoms with Crippen molar-refractivity contribution in [2.75, 3.05) is 0 Å². The molecule has 126 valence electrons. The molecule has 0 saturated heterocycles. The first kappa shape index (κ1) is 15.3. The van der Waals surface area contributed by atoms with Crippen LogP contribution >= 0.6 is 0 Å². The number of hydrogen-bond donors (Lipinski definition) is 0. The van der Waals surface area contributed by atoms with Crippen molar-refractivity contribution in [3.8, 4) is 0 Å². The molecule has 4 rings (SSSR count). The first-order valence-electron chi connectivity index (χ1n) is 8.72. The van der Waals surface area contributed by atoms with Gasteiger partial charge in [0.2, 0.25) is 0 Å². The summed E-state index contributed by atoms with van der Waals surface area (Å²) in [6.07, 6.45) is 5.42. The van der Waals surface area contributed by atoms with Crippen LogP contribution in [0.4, 0.5) is 0 Å². The van der Waals surface area contributed by atoms with E-state index in [0.29, 0.717) is 28.8 Å². The van der Waals surface area contributed by atoms with Crippen LogP contribution in [0, 0.1) is 25.7 Å². The molecular weight excluding hydrogens is 302 g/mol. The lowest BCUT2D eigenvalue weighted by atomic mass is 9.78. The van der Waals surface area contributed by atoms with E-state index in [9.17, 15) is 4.79 Å². The van der Waals surface area contributed by atoms with E-state index in [1.807, 2.05) is 30.7 Å². The maximum atomic E-state index is 13.2. The highest BCUT2D eigenvalue weighted by Gasteiger charge is 2.29. The van der Waals surface area contributed by atoms with E-state index in [1.54, 1.807) is 4.52 Å².